The van der Waals surface area contributed by atoms with Crippen LogP contribution in [0, 0.1) is 0 Å². The monoisotopic (exact) mass is 1160 g/mol. The fourth-order valence-corrected chi connectivity index (χ4v) is 17.7. The Hall–Kier alpha value is -9.12. The second-order valence-corrected chi connectivity index (χ2v) is 30.1. The Bertz CT molecular complexity index is 4740. The predicted octanol–water partition coefficient (Wildman–Crippen LogP) is 20.4. The molecular formula is C86H78BN3. The van der Waals surface area contributed by atoms with E-state index in [2.05, 4.69) is 327 Å². The van der Waals surface area contributed by atoms with Crippen molar-refractivity contribution in [2.75, 3.05) is 14.7 Å². The highest BCUT2D eigenvalue weighted by Crippen LogP contribution is 2.67. The Morgan fingerprint density at radius 1 is 0.367 bits per heavy atom. The van der Waals surface area contributed by atoms with E-state index < -0.39 is 11.0 Å². The van der Waals surface area contributed by atoms with Crippen LogP contribution in [0.2, 0.25) is 0 Å². The van der Waals surface area contributed by atoms with E-state index in [1.54, 1.807) is 0 Å². The molecule has 11 aromatic rings. The zero-order valence-electron chi connectivity index (χ0n) is 53.8. The topological polar surface area (TPSA) is 9.72 Å². The quantitative estimate of drug-likeness (QED) is 0.159. The predicted molar refractivity (Wildman–Crippen MR) is 381 cm³/mol. The first-order chi connectivity index (χ1) is 43.3. The van der Waals surface area contributed by atoms with E-state index in [9.17, 15) is 0 Å². The Morgan fingerprint density at radius 3 is 1.62 bits per heavy atom. The van der Waals surface area contributed by atoms with Gasteiger partial charge in [0.15, 0.2) is 0 Å². The fraction of sp³-hybridized carbons (Fsp3) is 0.233. The maximum absolute atomic E-state index is 2.84. The molecule has 0 spiro atoms. The Labute approximate surface area is 533 Å². The van der Waals surface area contributed by atoms with E-state index in [4.69, 9.17) is 0 Å². The van der Waals surface area contributed by atoms with Crippen molar-refractivity contribution in [3.63, 3.8) is 0 Å². The molecule has 18 rings (SSSR count). The first-order valence-electron chi connectivity index (χ1n) is 33.0. The molecule has 90 heavy (non-hydrogen) atoms. The highest BCUT2D eigenvalue weighted by molar-refractivity contribution is 7.00. The van der Waals surface area contributed by atoms with Gasteiger partial charge in [0.1, 0.15) is 0 Å². The van der Waals surface area contributed by atoms with Gasteiger partial charge < -0.3 is 14.7 Å². The average molecular weight is 1160 g/mol. The molecule has 4 bridgehead atoms. The highest BCUT2D eigenvalue weighted by atomic mass is 15.3. The third-order valence-corrected chi connectivity index (χ3v) is 22.7. The number of hydrogen-bond acceptors (Lipinski definition) is 3. The number of rotatable bonds is 5. The molecule has 4 heteroatoms. The smallest absolute Gasteiger partial charge is 0.252 e. The molecule has 2 aliphatic carbocycles. The van der Waals surface area contributed by atoms with Crippen LogP contribution < -0.4 is 31.1 Å². The van der Waals surface area contributed by atoms with Crippen LogP contribution >= 0.6 is 0 Å². The first-order valence-corrected chi connectivity index (χ1v) is 33.0. The summed E-state index contributed by atoms with van der Waals surface area (Å²) in [4.78, 5) is 8.25. The lowest BCUT2D eigenvalue weighted by atomic mass is 9.33. The van der Waals surface area contributed by atoms with Gasteiger partial charge in [0.05, 0.1) is 16.6 Å². The molecule has 0 radical (unpaired) electrons. The van der Waals surface area contributed by atoms with Crippen LogP contribution in [0.25, 0.3) is 33.4 Å². The lowest BCUT2D eigenvalue weighted by molar-refractivity contribution is 0.270. The van der Waals surface area contributed by atoms with Crippen LogP contribution in [0.3, 0.4) is 0 Å². The molecule has 5 heterocycles. The number of hydrogen-bond donors (Lipinski definition) is 0. The number of benzene rings is 11. The Balaban J connectivity index is 1.04. The van der Waals surface area contributed by atoms with Gasteiger partial charge in [-0.1, -0.05) is 250 Å². The van der Waals surface area contributed by atoms with Crippen molar-refractivity contribution in [2.24, 2.45) is 0 Å². The number of fused-ring (bicyclic) bond motifs is 10. The largest absolute Gasteiger partial charge is 0.330 e. The van der Waals surface area contributed by atoms with Gasteiger partial charge >= 0.3 is 0 Å². The van der Waals surface area contributed by atoms with E-state index in [1.165, 1.54) is 140 Å². The summed E-state index contributed by atoms with van der Waals surface area (Å²) in [6.07, 6.45) is 4.11. The first kappa shape index (κ1) is 55.0. The summed E-state index contributed by atoms with van der Waals surface area (Å²) < 4.78 is 0. The lowest BCUT2D eigenvalue weighted by Gasteiger charge is -2.53. The molecule has 0 amide bonds. The highest BCUT2D eigenvalue weighted by Gasteiger charge is 2.64. The van der Waals surface area contributed by atoms with Gasteiger partial charge in [-0.25, -0.2) is 0 Å². The summed E-state index contributed by atoms with van der Waals surface area (Å²) in [5.74, 6) is 0. The van der Waals surface area contributed by atoms with E-state index >= 15 is 0 Å². The van der Waals surface area contributed by atoms with Gasteiger partial charge in [-0.05, 0) is 198 Å². The van der Waals surface area contributed by atoms with Crippen molar-refractivity contribution < 1.29 is 0 Å². The zero-order chi connectivity index (χ0) is 61.4. The average Bonchev–Trinajstić information content (AvgIpc) is 1.40. The third kappa shape index (κ3) is 7.73. The summed E-state index contributed by atoms with van der Waals surface area (Å²) in [7, 11) is 0. The van der Waals surface area contributed by atoms with Crippen molar-refractivity contribution in [1.29, 1.82) is 0 Å². The van der Waals surface area contributed by atoms with Crippen LogP contribution in [0.5, 0.6) is 0 Å². The van der Waals surface area contributed by atoms with E-state index in [0.717, 1.165) is 31.4 Å². The molecule has 3 unspecified atom stereocenters. The molecule has 5 aliphatic heterocycles. The van der Waals surface area contributed by atoms with Gasteiger partial charge in [0, 0.05) is 50.8 Å². The molecule has 3 nitrogen and oxygen atoms in total. The fourth-order valence-electron chi connectivity index (χ4n) is 17.7. The molecule has 0 saturated heterocycles. The minimum atomic E-state index is -0.578. The van der Waals surface area contributed by atoms with Gasteiger partial charge in [-0.2, -0.15) is 0 Å². The molecule has 7 aliphatic rings. The summed E-state index contributed by atoms with van der Waals surface area (Å²) >= 11 is 0. The van der Waals surface area contributed by atoms with Gasteiger partial charge in [0.25, 0.3) is 6.71 Å². The van der Waals surface area contributed by atoms with Crippen molar-refractivity contribution in [3.05, 3.63) is 293 Å². The number of anilines is 8. The molecule has 0 aromatic heterocycles. The van der Waals surface area contributed by atoms with Gasteiger partial charge in [-0.3, -0.25) is 0 Å². The molecule has 440 valence electrons. The van der Waals surface area contributed by atoms with Gasteiger partial charge in [0.2, 0.25) is 0 Å². The standard InChI is InChI=1S/C86H78BN3/c1-81(2,3)63-37-42-74-67(49-63)58-30-35-61(36-31-58)84(9)47-46-83(7,8)69-53-73-77(54-70(69)84)89(74)79-52-66(90-75-43-38-64(82(4,5)6)50-71(75)86(62-27-18-13-19-28-62)45-44-59-26-20-21-29-68(59)85(86,90)10)51-78-80(79)87(73)72-48-60(56-24-16-12-17-25-56)34-41-76(72)88(78)65-39-32-57(33-40-65)55-22-14-11-15-23-55/h11-43,48-54H,44-47H2,1-10H3. The van der Waals surface area contributed by atoms with Crippen LogP contribution in [0.15, 0.2) is 243 Å². The molecule has 3 atom stereocenters. The van der Waals surface area contributed by atoms with Crippen LogP contribution in [0.4, 0.5) is 45.5 Å². The van der Waals surface area contributed by atoms with Gasteiger partial charge in [-0.15, -0.1) is 0 Å². The Morgan fingerprint density at radius 2 is 0.933 bits per heavy atom. The van der Waals surface area contributed by atoms with E-state index in [1.807, 2.05) is 0 Å². The van der Waals surface area contributed by atoms with Crippen molar-refractivity contribution in [3.8, 4) is 33.4 Å². The zero-order valence-corrected chi connectivity index (χ0v) is 53.8. The molecule has 11 aromatic carbocycles. The second-order valence-electron chi connectivity index (χ2n) is 30.1. The number of aryl methyl sites for hydroxylation is 1. The third-order valence-electron chi connectivity index (χ3n) is 22.7. The maximum atomic E-state index is 2.84. The van der Waals surface area contributed by atoms with E-state index in [-0.39, 0.29) is 28.4 Å². The van der Waals surface area contributed by atoms with Crippen LogP contribution in [0.1, 0.15) is 139 Å². The SMILES string of the molecule is CC(C)(C)c1ccc2c(c1)-c1ccc(cc1)C1(C)CCC(C)(C)c3cc4c(cc31)N2c1cc(N2c3ccc(C(C)(C)C)cc3C3(c5ccccc5)CCc5ccccc5C23C)cc2c1B4c1cc(-c3ccccc3)ccc1N2c1ccc(-c2ccccc2)cc1. The van der Waals surface area contributed by atoms with Crippen molar-refractivity contribution in [2.45, 2.75) is 128 Å². The van der Waals surface area contributed by atoms with Crippen LogP contribution in [-0.4, -0.2) is 6.71 Å². The maximum Gasteiger partial charge on any atom is 0.252 e. The molecule has 0 saturated carbocycles. The second kappa shape index (κ2) is 19.2. The minimum Gasteiger partial charge on any atom is -0.330 e. The lowest BCUT2D eigenvalue weighted by Crippen LogP contribution is -2.62. The summed E-state index contributed by atoms with van der Waals surface area (Å²) in [5, 5.41) is 0. The number of nitrogens with zero attached hydrogens (tertiary/aromatic N) is 3. The molecule has 0 fully saturated rings. The van der Waals surface area contributed by atoms with E-state index in [0.29, 0.717) is 0 Å². The summed E-state index contributed by atoms with van der Waals surface area (Å²) in [6, 6.07) is 95.4. The summed E-state index contributed by atoms with van der Waals surface area (Å²) in [5.41, 5.74) is 32.2. The normalized spacial score (nSPS) is 20.3. The molecular weight excluding hydrogens is 1090 g/mol. The molecule has 0 N–H and O–H groups in total. The van der Waals surface area contributed by atoms with Crippen molar-refractivity contribution >= 4 is 68.6 Å². The van der Waals surface area contributed by atoms with Crippen LogP contribution in [-0.2, 0) is 39.0 Å². The Kier molecular flexibility index (Phi) is 11.7. The summed E-state index contributed by atoms with van der Waals surface area (Å²) in [6.45, 7) is 24.3. The van der Waals surface area contributed by atoms with Crippen molar-refractivity contribution in [1.82, 2.24) is 0 Å². The minimum absolute atomic E-state index is 0.0653.